The maximum atomic E-state index is 13.3. The smallest absolute Gasteiger partial charge is 0.188 e. The van der Waals surface area contributed by atoms with Gasteiger partial charge < -0.3 is 11.1 Å². The molecule has 0 radical (unpaired) electrons. The van der Waals surface area contributed by atoms with E-state index in [-0.39, 0.29) is 42.0 Å². The molecule has 2 rings (SSSR count). The highest BCUT2D eigenvalue weighted by molar-refractivity contribution is 14.0. The van der Waals surface area contributed by atoms with Gasteiger partial charge in [-0.05, 0) is 37.0 Å². The Labute approximate surface area is 128 Å². The van der Waals surface area contributed by atoms with E-state index in [1.54, 1.807) is 0 Å². The Morgan fingerprint density at radius 2 is 2.11 bits per heavy atom. The van der Waals surface area contributed by atoms with Crippen molar-refractivity contribution >= 4 is 29.9 Å². The van der Waals surface area contributed by atoms with Crippen molar-refractivity contribution in [3.05, 3.63) is 35.4 Å². The summed E-state index contributed by atoms with van der Waals surface area (Å²) >= 11 is 0. The quantitative estimate of drug-likeness (QED) is 0.479. The van der Waals surface area contributed by atoms with Crippen LogP contribution in [0.1, 0.15) is 24.8 Å². The first-order valence-electron chi connectivity index (χ1n) is 6.13. The number of hydrogen-bond donors (Lipinski definition) is 2. The Balaban J connectivity index is 0.00000180. The second-order valence-corrected chi connectivity index (χ2v) is 4.62. The van der Waals surface area contributed by atoms with Crippen molar-refractivity contribution < 1.29 is 8.78 Å². The minimum atomic E-state index is -0.470. The van der Waals surface area contributed by atoms with E-state index < -0.39 is 11.6 Å². The van der Waals surface area contributed by atoms with E-state index in [1.807, 2.05) is 0 Å². The first-order chi connectivity index (χ1) is 8.65. The van der Waals surface area contributed by atoms with Crippen molar-refractivity contribution in [2.24, 2.45) is 16.6 Å². The normalized spacial score (nSPS) is 15.6. The van der Waals surface area contributed by atoms with Crippen LogP contribution in [0.3, 0.4) is 0 Å². The van der Waals surface area contributed by atoms with E-state index in [2.05, 4.69) is 10.3 Å². The number of nitrogens with two attached hydrogens (primary N) is 1. The molecule has 0 bridgehead atoms. The fourth-order valence-electron chi connectivity index (χ4n) is 1.84. The third-order valence-electron chi connectivity index (χ3n) is 3.22. The van der Waals surface area contributed by atoms with Crippen LogP contribution in [0.2, 0.25) is 0 Å². The number of aliphatic imine (C=N–C) groups is 1. The van der Waals surface area contributed by atoms with Crippen LogP contribution in [0.25, 0.3) is 0 Å². The zero-order valence-electron chi connectivity index (χ0n) is 10.5. The fraction of sp³-hybridized carbons (Fsp3) is 0.462. The summed E-state index contributed by atoms with van der Waals surface area (Å²) < 4.78 is 26.2. The van der Waals surface area contributed by atoms with Gasteiger partial charge in [0.25, 0.3) is 0 Å². The zero-order valence-corrected chi connectivity index (χ0v) is 12.9. The SMILES string of the molecule is I.NC(=NCc1cc(F)ccc1F)NCC1CCC1. The number of nitrogens with zero attached hydrogens (tertiary/aromatic N) is 1. The zero-order chi connectivity index (χ0) is 13.0. The summed E-state index contributed by atoms with van der Waals surface area (Å²) in [5.41, 5.74) is 5.87. The Morgan fingerprint density at radius 1 is 1.37 bits per heavy atom. The summed E-state index contributed by atoms with van der Waals surface area (Å²) in [6.45, 7) is 0.855. The third-order valence-corrected chi connectivity index (χ3v) is 3.22. The van der Waals surface area contributed by atoms with Gasteiger partial charge in [-0.2, -0.15) is 0 Å². The van der Waals surface area contributed by atoms with Crippen LogP contribution in [-0.4, -0.2) is 12.5 Å². The Morgan fingerprint density at radius 3 is 2.74 bits per heavy atom. The highest BCUT2D eigenvalue weighted by Gasteiger charge is 2.16. The standard InChI is InChI=1S/C13H17F2N3.HI/c14-11-4-5-12(15)10(6-11)8-18-13(16)17-7-9-2-1-3-9;/h4-6,9H,1-3,7-8H2,(H3,16,17,18);1H. The van der Waals surface area contributed by atoms with Gasteiger partial charge in [-0.25, -0.2) is 13.8 Å². The maximum Gasteiger partial charge on any atom is 0.188 e. The van der Waals surface area contributed by atoms with Crippen molar-refractivity contribution in [3.8, 4) is 0 Å². The van der Waals surface area contributed by atoms with Crippen LogP contribution in [0.15, 0.2) is 23.2 Å². The number of benzene rings is 1. The van der Waals surface area contributed by atoms with Crippen molar-refractivity contribution in [1.29, 1.82) is 0 Å². The van der Waals surface area contributed by atoms with Crippen LogP contribution >= 0.6 is 24.0 Å². The number of rotatable bonds is 4. The summed E-state index contributed by atoms with van der Waals surface area (Å²) in [6, 6.07) is 3.32. The molecule has 1 saturated carbocycles. The van der Waals surface area contributed by atoms with Gasteiger partial charge in [0.05, 0.1) is 6.54 Å². The molecule has 3 N–H and O–H groups in total. The molecule has 0 atom stereocenters. The second kappa shape index (κ2) is 7.62. The van der Waals surface area contributed by atoms with Crippen LogP contribution < -0.4 is 11.1 Å². The minimum Gasteiger partial charge on any atom is -0.370 e. The first kappa shape index (κ1) is 16.1. The van der Waals surface area contributed by atoms with Gasteiger partial charge in [0.2, 0.25) is 0 Å². The first-order valence-corrected chi connectivity index (χ1v) is 6.13. The van der Waals surface area contributed by atoms with E-state index in [0.29, 0.717) is 5.92 Å². The summed E-state index contributed by atoms with van der Waals surface area (Å²) in [5, 5.41) is 3.00. The van der Waals surface area contributed by atoms with E-state index >= 15 is 0 Å². The lowest BCUT2D eigenvalue weighted by Gasteiger charge is -2.25. The van der Waals surface area contributed by atoms with E-state index in [0.717, 1.165) is 24.7 Å². The molecule has 3 nitrogen and oxygen atoms in total. The number of halogens is 3. The highest BCUT2D eigenvalue weighted by atomic mass is 127. The number of nitrogens with one attached hydrogen (secondary N) is 1. The van der Waals surface area contributed by atoms with Crippen LogP contribution in [0, 0.1) is 17.6 Å². The van der Waals surface area contributed by atoms with Gasteiger partial charge in [0, 0.05) is 12.1 Å². The third kappa shape index (κ3) is 4.93. The highest BCUT2D eigenvalue weighted by Crippen LogP contribution is 2.24. The van der Waals surface area contributed by atoms with Crippen LogP contribution in [0.5, 0.6) is 0 Å². The maximum absolute atomic E-state index is 13.3. The molecule has 0 aliphatic heterocycles. The predicted octanol–water partition coefficient (Wildman–Crippen LogP) is 2.79. The van der Waals surface area contributed by atoms with E-state index in [9.17, 15) is 8.78 Å². The average Bonchev–Trinajstić information content (AvgIpc) is 2.28. The average molecular weight is 381 g/mol. The topological polar surface area (TPSA) is 50.4 Å². The molecule has 6 heteroatoms. The number of hydrogen-bond acceptors (Lipinski definition) is 1. The summed E-state index contributed by atoms with van der Waals surface area (Å²) in [4.78, 5) is 4.00. The van der Waals surface area contributed by atoms with Crippen molar-refractivity contribution in [2.45, 2.75) is 25.8 Å². The molecule has 0 heterocycles. The van der Waals surface area contributed by atoms with Crippen molar-refractivity contribution in [3.63, 3.8) is 0 Å². The molecule has 19 heavy (non-hydrogen) atoms. The van der Waals surface area contributed by atoms with Crippen LogP contribution in [-0.2, 0) is 6.54 Å². The molecule has 106 valence electrons. The van der Waals surface area contributed by atoms with Gasteiger partial charge in [0.1, 0.15) is 11.6 Å². The second-order valence-electron chi connectivity index (χ2n) is 4.62. The molecule has 1 aliphatic rings. The summed E-state index contributed by atoms with van der Waals surface area (Å²) in [5.74, 6) is 0.0183. The van der Waals surface area contributed by atoms with Crippen molar-refractivity contribution in [1.82, 2.24) is 5.32 Å². The van der Waals surface area contributed by atoms with Gasteiger partial charge in [-0.15, -0.1) is 24.0 Å². The minimum absolute atomic E-state index is 0. The molecule has 0 amide bonds. The lowest BCUT2D eigenvalue weighted by molar-refractivity contribution is 0.315. The molecule has 1 fully saturated rings. The molecule has 1 aromatic rings. The van der Waals surface area contributed by atoms with Gasteiger partial charge in [-0.3, -0.25) is 0 Å². The molecule has 0 unspecified atom stereocenters. The monoisotopic (exact) mass is 381 g/mol. The predicted molar refractivity (Wildman–Crippen MR) is 82.4 cm³/mol. The van der Waals surface area contributed by atoms with Gasteiger partial charge in [-0.1, -0.05) is 6.42 Å². The fourth-order valence-corrected chi connectivity index (χ4v) is 1.84. The van der Waals surface area contributed by atoms with Gasteiger partial charge >= 0.3 is 0 Å². The molecular formula is C13H18F2IN3. The van der Waals surface area contributed by atoms with E-state index in [1.165, 1.54) is 19.3 Å². The lowest BCUT2D eigenvalue weighted by Crippen LogP contribution is -2.37. The Hall–Kier alpha value is -0.920. The molecule has 1 aliphatic carbocycles. The summed E-state index contributed by atoms with van der Waals surface area (Å²) in [6.07, 6.45) is 3.72. The molecular weight excluding hydrogens is 363 g/mol. The summed E-state index contributed by atoms with van der Waals surface area (Å²) in [7, 11) is 0. The van der Waals surface area contributed by atoms with Crippen LogP contribution in [0.4, 0.5) is 8.78 Å². The van der Waals surface area contributed by atoms with Crippen molar-refractivity contribution in [2.75, 3.05) is 6.54 Å². The Kier molecular flexibility index (Phi) is 6.47. The number of guanidine groups is 1. The molecule has 0 saturated heterocycles. The largest absolute Gasteiger partial charge is 0.370 e. The Bertz CT molecular complexity index is 448. The lowest BCUT2D eigenvalue weighted by atomic mass is 9.85. The molecule has 0 spiro atoms. The van der Waals surface area contributed by atoms with Gasteiger partial charge in [0.15, 0.2) is 5.96 Å². The van der Waals surface area contributed by atoms with E-state index in [4.69, 9.17) is 5.73 Å². The molecule has 0 aromatic heterocycles. The molecule has 1 aromatic carbocycles.